The molecule has 19 heavy (non-hydrogen) atoms. The van der Waals surface area contributed by atoms with Crippen molar-refractivity contribution in [3.63, 3.8) is 0 Å². The topological polar surface area (TPSA) is 32.3 Å². The van der Waals surface area contributed by atoms with E-state index in [0.717, 1.165) is 31.2 Å². The molecule has 1 atom stereocenters. The molecule has 0 aromatic heterocycles. The van der Waals surface area contributed by atoms with Gasteiger partial charge in [0.25, 0.3) is 0 Å². The predicted molar refractivity (Wildman–Crippen MR) is 75.5 cm³/mol. The van der Waals surface area contributed by atoms with Crippen LogP contribution in [0.4, 0.5) is 4.39 Å². The highest BCUT2D eigenvalue weighted by Gasteiger charge is 2.34. The van der Waals surface area contributed by atoms with Gasteiger partial charge >= 0.3 is 0 Å². The number of halogens is 1. The van der Waals surface area contributed by atoms with E-state index in [2.05, 4.69) is 19.2 Å². The average molecular weight is 265 g/mol. The second-order valence-electron chi connectivity index (χ2n) is 6.14. The minimum absolute atomic E-state index is 0.193. The van der Waals surface area contributed by atoms with E-state index in [0.29, 0.717) is 18.5 Å². The SMILES string of the molecule is CC(C)C(Cc1ccc(F)cc1)NCC1(O)CCC1. The minimum Gasteiger partial charge on any atom is -0.389 e. The molecule has 0 bridgehead atoms. The second-order valence-corrected chi connectivity index (χ2v) is 6.14. The molecule has 1 aromatic carbocycles. The van der Waals surface area contributed by atoms with Crippen LogP contribution < -0.4 is 5.32 Å². The van der Waals surface area contributed by atoms with Crippen molar-refractivity contribution in [1.29, 1.82) is 0 Å². The first-order valence-electron chi connectivity index (χ1n) is 7.19. The maximum atomic E-state index is 12.9. The Hall–Kier alpha value is -0.930. The molecular weight excluding hydrogens is 241 g/mol. The van der Waals surface area contributed by atoms with E-state index in [-0.39, 0.29) is 5.82 Å². The zero-order valence-electron chi connectivity index (χ0n) is 11.8. The number of hydrogen-bond donors (Lipinski definition) is 2. The average Bonchev–Trinajstić information content (AvgIpc) is 2.34. The van der Waals surface area contributed by atoms with Crippen molar-refractivity contribution in [2.75, 3.05) is 6.54 Å². The third-order valence-corrected chi connectivity index (χ3v) is 4.15. The van der Waals surface area contributed by atoms with Crippen LogP contribution in [0.25, 0.3) is 0 Å². The van der Waals surface area contributed by atoms with Crippen LogP contribution in [-0.2, 0) is 6.42 Å². The Balaban J connectivity index is 1.90. The fourth-order valence-corrected chi connectivity index (χ4v) is 2.50. The van der Waals surface area contributed by atoms with Gasteiger partial charge in [0.1, 0.15) is 5.82 Å². The van der Waals surface area contributed by atoms with E-state index in [9.17, 15) is 9.50 Å². The summed E-state index contributed by atoms with van der Waals surface area (Å²) >= 11 is 0. The van der Waals surface area contributed by atoms with Gasteiger partial charge in [0.2, 0.25) is 0 Å². The Kier molecular flexibility index (Phi) is 4.58. The fraction of sp³-hybridized carbons (Fsp3) is 0.625. The summed E-state index contributed by atoms with van der Waals surface area (Å²) in [5.74, 6) is 0.287. The largest absolute Gasteiger partial charge is 0.389 e. The van der Waals surface area contributed by atoms with E-state index >= 15 is 0 Å². The molecule has 0 heterocycles. The summed E-state index contributed by atoms with van der Waals surface area (Å²) in [7, 11) is 0. The molecule has 2 rings (SSSR count). The van der Waals surface area contributed by atoms with Crippen LogP contribution in [0.1, 0.15) is 38.7 Å². The zero-order valence-corrected chi connectivity index (χ0v) is 11.8. The lowest BCUT2D eigenvalue weighted by atomic mass is 9.80. The third kappa shape index (κ3) is 4.02. The van der Waals surface area contributed by atoms with E-state index < -0.39 is 5.60 Å². The molecule has 1 aliphatic rings. The van der Waals surface area contributed by atoms with Gasteiger partial charge in [-0.25, -0.2) is 4.39 Å². The van der Waals surface area contributed by atoms with Gasteiger partial charge in [0.05, 0.1) is 5.60 Å². The highest BCUT2D eigenvalue weighted by Crippen LogP contribution is 2.31. The first-order chi connectivity index (χ1) is 8.98. The molecule has 106 valence electrons. The van der Waals surface area contributed by atoms with Crippen molar-refractivity contribution in [1.82, 2.24) is 5.32 Å². The number of benzene rings is 1. The van der Waals surface area contributed by atoms with E-state index in [1.54, 1.807) is 0 Å². The molecule has 2 N–H and O–H groups in total. The van der Waals surface area contributed by atoms with Gasteiger partial charge < -0.3 is 10.4 Å². The van der Waals surface area contributed by atoms with Crippen LogP contribution in [-0.4, -0.2) is 23.3 Å². The van der Waals surface area contributed by atoms with E-state index in [1.807, 2.05) is 12.1 Å². The molecule has 3 heteroatoms. The van der Waals surface area contributed by atoms with Crippen LogP contribution in [0, 0.1) is 11.7 Å². The maximum Gasteiger partial charge on any atom is 0.123 e. The zero-order chi connectivity index (χ0) is 13.9. The molecule has 1 aliphatic carbocycles. The molecule has 1 fully saturated rings. The molecule has 1 unspecified atom stereocenters. The Morgan fingerprint density at radius 2 is 1.89 bits per heavy atom. The molecule has 0 amide bonds. The smallest absolute Gasteiger partial charge is 0.123 e. The van der Waals surface area contributed by atoms with Gasteiger partial charge in [0, 0.05) is 12.6 Å². The lowest BCUT2D eigenvalue weighted by molar-refractivity contribution is -0.0341. The highest BCUT2D eigenvalue weighted by atomic mass is 19.1. The standard InChI is InChI=1S/C16H24FNO/c1-12(2)15(18-11-16(19)8-3-9-16)10-13-4-6-14(17)7-5-13/h4-7,12,15,18-19H,3,8-11H2,1-2H3. The first kappa shape index (κ1) is 14.5. The molecule has 0 saturated heterocycles. The quantitative estimate of drug-likeness (QED) is 0.829. The van der Waals surface area contributed by atoms with Crippen LogP contribution in [0.2, 0.25) is 0 Å². The summed E-state index contributed by atoms with van der Waals surface area (Å²) in [6, 6.07) is 7.00. The van der Waals surface area contributed by atoms with Crippen molar-refractivity contribution >= 4 is 0 Å². The summed E-state index contributed by atoms with van der Waals surface area (Å²) in [6.45, 7) is 5.01. The molecule has 0 aliphatic heterocycles. The van der Waals surface area contributed by atoms with Crippen LogP contribution in [0.5, 0.6) is 0 Å². The monoisotopic (exact) mass is 265 g/mol. The predicted octanol–water partition coefficient (Wildman–Crippen LogP) is 2.90. The number of rotatable bonds is 6. The first-order valence-corrected chi connectivity index (χ1v) is 7.19. The summed E-state index contributed by atoms with van der Waals surface area (Å²) in [5.41, 5.74) is 0.642. The normalized spacial score (nSPS) is 19.2. The van der Waals surface area contributed by atoms with Crippen molar-refractivity contribution in [3.8, 4) is 0 Å². The van der Waals surface area contributed by atoms with Crippen molar-refractivity contribution < 1.29 is 9.50 Å². The molecular formula is C16H24FNO. The van der Waals surface area contributed by atoms with Gasteiger partial charge in [0.15, 0.2) is 0 Å². The Morgan fingerprint density at radius 3 is 2.37 bits per heavy atom. The Bertz CT molecular complexity index is 398. The molecule has 1 saturated carbocycles. The fourth-order valence-electron chi connectivity index (χ4n) is 2.50. The molecule has 2 nitrogen and oxygen atoms in total. The number of hydrogen-bond acceptors (Lipinski definition) is 2. The van der Waals surface area contributed by atoms with Gasteiger partial charge in [-0.2, -0.15) is 0 Å². The molecule has 0 radical (unpaired) electrons. The van der Waals surface area contributed by atoms with Gasteiger partial charge in [-0.3, -0.25) is 0 Å². The molecule has 0 spiro atoms. The van der Waals surface area contributed by atoms with E-state index in [1.165, 1.54) is 12.1 Å². The van der Waals surface area contributed by atoms with Gasteiger partial charge in [-0.15, -0.1) is 0 Å². The molecule has 1 aromatic rings. The van der Waals surface area contributed by atoms with Gasteiger partial charge in [-0.05, 0) is 49.3 Å². The third-order valence-electron chi connectivity index (χ3n) is 4.15. The summed E-state index contributed by atoms with van der Waals surface area (Å²) in [5, 5.41) is 13.6. The van der Waals surface area contributed by atoms with Crippen LogP contribution in [0.15, 0.2) is 24.3 Å². The minimum atomic E-state index is -0.490. The Labute approximate surface area is 115 Å². The lowest BCUT2D eigenvalue weighted by Crippen LogP contribution is -2.50. The highest BCUT2D eigenvalue weighted by molar-refractivity contribution is 5.17. The number of aliphatic hydroxyl groups is 1. The van der Waals surface area contributed by atoms with Crippen LogP contribution in [0.3, 0.4) is 0 Å². The van der Waals surface area contributed by atoms with Crippen molar-refractivity contribution in [2.45, 2.75) is 51.2 Å². The van der Waals surface area contributed by atoms with Crippen LogP contribution >= 0.6 is 0 Å². The van der Waals surface area contributed by atoms with Crippen molar-refractivity contribution in [2.24, 2.45) is 5.92 Å². The van der Waals surface area contributed by atoms with Crippen molar-refractivity contribution in [3.05, 3.63) is 35.6 Å². The lowest BCUT2D eigenvalue weighted by Gasteiger charge is -2.38. The summed E-state index contributed by atoms with van der Waals surface area (Å²) in [4.78, 5) is 0. The number of nitrogens with one attached hydrogen (secondary N) is 1. The second kappa shape index (κ2) is 6.02. The van der Waals surface area contributed by atoms with Gasteiger partial charge in [-0.1, -0.05) is 26.0 Å². The Morgan fingerprint density at radius 1 is 1.26 bits per heavy atom. The van der Waals surface area contributed by atoms with E-state index in [4.69, 9.17) is 0 Å². The maximum absolute atomic E-state index is 12.9. The summed E-state index contributed by atoms with van der Waals surface area (Å²) < 4.78 is 12.9. The summed E-state index contributed by atoms with van der Waals surface area (Å²) in [6.07, 6.45) is 3.80.